The van der Waals surface area contributed by atoms with Crippen LogP contribution < -0.4 is 0 Å². The molecule has 0 spiro atoms. The number of halogens is 1. The Balaban J connectivity index is 2.05. The summed E-state index contributed by atoms with van der Waals surface area (Å²) in [6, 6.07) is 2.04. The van der Waals surface area contributed by atoms with Gasteiger partial charge in [0, 0.05) is 39.5 Å². The lowest BCUT2D eigenvalue weighted by Gasteiger charge is -2.05. The predicted molar refractivity (Wildman–Crippen MR) is 68.6 cm³/mol. The number of aliphatic hydroxyl groups is 1. The number of aliphatic hydroxyl groups excluding tert-OH is 1. The molecule has 2 rings (SSSR count). The van der Waals surface area contributed by atoms with Crippen LogP contribution in [0.25, 0.3) is 0 Å². The van der Waals surface area contributed by atoms with Crippen molar-refractivity contribution < 1.29 is 5.11 Å². The van der Waals surface area contributed by atoms with Crippen LogP contribution in [0.3, 0.4) is 0 Å². The molecule has 2 aromatic heterocycles. The van der Waals surface area contributed by atoms with Crippen LogP contribution in [0.1, 0.15) is 23.5 Å². The van der Waals surface area contributed by atoms with Gasteiger partial charge in [0.2, 0.25) is 0 Å². The molecule has 0 aromatic carbocycles. The quantitative estimate of drug-likeness (QED) is 0.942. The van der Waals surface area contributed by atoms with Gasteiger partial charge in [-0.15, -0.1) is 11.3 Å². The molecule has 0 fully saturated rings. The van der Waals surface area contributed by atoms with Crippen molar-refractivity contribution >= 4 is 27.3 Å². The van der Waals surface area contributed by atoms with Crippen LogP contribution in [0.2, 0.25) is 0 Å². The molecule has 0 bridgehead atoms. The molecule has 0 aliphatic rings. The van der Waals surface area contributed by atoms with Gasteiger partial charge in [-0.25, -0.2) is 0 Å². The monoisotopic (exact) mass is 300 g/mol. The molecule has 3 nitrogen and oxygen atoms in total. The third-order valence-electron chi connectivity index (χ3n) is 2.38. The van der Waals surface area contributed by atoms with Gasteiger partial charge in [-0.3, -0.25) is 4.68 Å². The van der Waals surface area contributed by atoms with Crippen LogP contribution in [0.15, 0.2) is 28.3 Å². The highest BCUT2D eigenvalue weighted by atomic mass is 79.9. The molecule has 1 atom stereocenters. The van der Waals surface area contributed by atoms with E-state index in [1.54, 1.807) is 17.5 Å². The molecule has 16 heavy (non-hydrogen) atoms. The zero-order valence-electron chi connectivity index (χ0n) is 8.93. The van der Waals surface area contributed by atoms with E-state index in [1.807, 2.05) is 29.2 Å². The number of aryl methyl sites for hydroxylation is 1. The van der Waals surface area contributed by atoms with E-state index in [2.05, 4.69) is 21.0 Å². The number of nitrogens with zero attached hydrogens (tertiary/aromatic N) is 2. The van der Waals surface area contributed by atoms with Crippen molar-refractivity contribution in [2.24, 2.45) is 0 Å². The number of thiophene rings is 1. The summed E-state index contributed by atoms with van der Waals surface area (Å²) >= 11 is 5.06. The van der Waals surface area contributed by atoms with Crippen molar-refractivity contribution in [3.63, 3.8) is 0 Å². The van der Waals surface area contributed by atoms with Gasteiger partial charge < -0.3 is 5.11 Å². The first-order valence-electron chi connectivity index (χ1n) is 5.12. The Morgan fingerprint density at radius 1 is 1.62 bits per heavy atom. The third-order valence-corrected chi connectivity index (χ3v) is 4.10. The Labute approximate surface area is 107 Å². The first-order chi connectivity index (χ1) is 7.69. The first-order valence-corrected chi connectivity index (χ1v) is 6.79. The van der Waals surface area contributed by atoms with Crippen LogP contribution in [0.5, 0.6) is 0 Å². The molecule has 1 N–H and O–H groups in total. The smallest absolute Gasteiger partial charge is 0.0868 e. The van der Waals surface area contributed by atoms with Crippen LogP contribution in [0.4, 0.5) is 0 Å². The van der Waals surface area contributed by atoms with Gasteiger partial charge in [-0.2, -0.15) is 5.10 Å². The Morgan fingerprint density at radius 3 is 3.00 bits per heavy atom. The summed E-state index contributed by atoms with van der Waals surface area (Å²) in [5.74, 6) is 0. The second kappa shape index (κ2) is 5.12. The molecule has 0 radical (unpaired) electrons. The van der Waals surface area contributed by atoms with Gasteiger partial charge in [0.05, 0.1) is 12.3 Å². The van der Waals surface area contributed by atoms with Gasteiger partial charge in [0.25, 0.3) is 0 Å². The number of hydrogen-bond donors (Lipinski definition) is 1. The van der Waals surface area contributed by atoms with Gasteiger partial charge in [-0.1, -0.05) is 0 Å². The highest BCUT2D eigenvalue weighted by Gasteiger charge is 2.11. The molecule has 0 saturated carbocycles. The molecule has 86 valence electrons. The molecule has 0 aliphatic carbocycles. The molecule has 2 heterocycles. The minimum Gasteiger partial charge on any atom is -0.388 e. The second-order valence-electron chi connectivity index (χ2n) is 3.58. The van der Waals surface area contributed by atoms with Crippen molar-refractivity contribution in [1.82, 2.24) is 9.78 Å². The summed E-state index contributed by atoms with van der Waals surface area (Å²) in [5.41, 5.74) is 0.881. The van der Waals surface area contributed by atoms with Gasteiger partial charge in [-0.05, 0) is 28.9 Å². The lowest BCUT2D eigenvalue weighted by atomic mass is 10.1. The Kier molecular flexibility index (Phi) is 3.78. The maximum atomic E-state index is 10.0. The van der Waals surface area contributed by atoms with Crippen LogP contribution in [0, 0.1) is 0 Å². The zero-order valence-corrected chi connectivity index (χ0v) is 11.3. The van der Waals surface area contributed by atoms with E-state index in [4.69, 9.17) is 0 Å². The maximum Gasteiger partial charge on any atom is 0.0868 e. The van der Waals surface area contributed by atoms with Gasteiger partial charge in [0.15, 0.2) is 0 Å². The summed E-state index contributed by atoms with van der Waals surface area (Å²) in [6.45, 7) is 2.86. The maximum absolute atomic E-state index is 10.0. The Bertz CT molecular complexity index is 466. The molecular formula is C11H13BrN2OS. The van der Waals surface area contributed by atoms with Crippen LogP contribution in [-0.2, 0) is 13.0 Å². The van der Waals surface area contributed by atoms with E-state index in [9.17, 15) is 5.11 Å². The Hall–Kier alpha value is -0.650. The number of hydrogen-bond acceptors (Lipinski definition) is 3. The van der Waals surface area contributed by atoms with Crippen LogP contribution in [-0.4, -0.2) is 14.9 Å². The highest BCUT2D eigenvalue weighted by molar-refractivity contribution is 9.10. The van der Waals surface area contributed by atoms with E-state index in [0.29, 0.717) is 6.42 Å². The van der Waals surface area contributed by atoms with E-state index < -0.39 is 6.10 Å². The predicted octanol–water partition coefficient (Wildman–Crippen LogP) is 3.00. The number of aromatic nitrogens is 2. The fraction of sp³-hybridized carbons (Fsp3) is 0.364. The highest BCUT2D eigenvalue weighted by Crippen LogP contribution is 2.25. The SMILES string of the molecule is CCn1cc(C(O)Cc2cc(Br)cs2)cn1. The fourth-order valence-corrected chi connectivity index (χ4v) is 2.98. The lowest BCUT2D eigenvalue weighted by Crippen LogP contribution is -1.99. The summed E-state index contributed by atoms with van der Waals surface area (Å²) in [7, 11) is 0. The lowest BCUT2D eigenvalue weighted by molar-refractivity contribution is 0.179. The standard InChI is InChI=1S/C11H13BrN2OS/c1-2-14-6-8(5-13-14)11(15)4-10-3-9(12)7-16-10/h3,5-7,11,15H,2,4H2,1H3. The van der Waals surface area contributed by atoms with E-state index in [-0.39, 0.29) is 0 Å². The van der Waals surface area contributed by atoms with E-state index in [1.165, 1.54) is 4.88 Å². The van der Waals surface area contributed by atoms with Crippen molar-refractivity contribution in [1.29, 1.82) is 0 Å². The summed E-state index contributed by atoms with van der Waals surface area (Å²) in [5, 5.41) is 16.2. The molecule has 2 aromatic rings. The van der Waals surface area contributed by atoms with E-state index >= 15 is 0 Å². The van der Waals surface area contributed by atoms with Crippen molar-refractivity contribution in [3.8, 4) is 0 Å². The first kappa shape index (κ1) is 11.8. The largest absolute Gasteiger partial charge is 0.388 e. The van der Waals surface area contributed by atoms with Gasteiger partial charge >= 0.3 is 0 Å². The minimum absolute atomic E-state index is 0.467. The molecule has 0 saturated heterocycles. The zero-order chi connectivity index (χ0) is 11.5. The van der Waals surface area contributed by atoms with Crippen molar-refractivity contribution in [3.05, 3.63) is 38.8 Å². The van der Waals surface area contributed by atoms with Gasteiger partial charge in [0.1, 0.15) is 0 Å². The molecular weight excluding hydrogens is 288 g/mol. The van der Waals surface area contributed by atoms with E-state index in [0.717, 1.165) is 16.6 Å². The van der Waals surface area contributed by atoms with Crippen LogP contribution >= 0.6 is 27.3 Å². The molecule has 0 aliphatic heterocycles. The number of rotatable bonds is 4. The topological polar surface area (TPSA) is 38.0 Å². The van der Waals surface area contributed by atoms with Crippen molar-refractivity contribution in [2.45, 2.75) is 26.0 Å². The molecule has 5 heteroatoms. The molecule has 1 unspecified atom stereocenters. The minimum atomic E-state index is -0.467. The average Bonchev–Trinajstić information content (AvgIpc) is 2.87. The normalized spacial score (nSPS) is 12.9. The average molecular weight is 301 g/mol. The third kappa shape index (κ3) is 2.72. The fourth-order valence-electron chi connectivity index (χ4n) is 1.49. The summed E-state index contributed by atoms with van der Waals surface area (Å²) < 4.78 is 2.90. The Morgan fingerprint density at radius 2 is 2.44 bits per heavy atom. The summed E-state index contributed by atoms with van der Waals surface area (Å²) in [6.07, 6.45) is 3.81. The molecule has 0 amide bonds. The second-order valence-corrected chi connectivity index (χ2v) is 5.49. The summed E-state index contributed by atoms with van der Waals surface area (Å²) in [4.78, 5) is 1.17. The van der Waals surface area contributed by atoms with Crippen molar-refractivity contribution in [2.75, 3.05) is 0 Å².